The summed E-state index contributed by atoms with van der Waals surface area (Å²) < 4.78 is 15.5. The van der Waals surface area contributed by atoms with Crippen LogP contribution in [0.3, 0.4) is 0 Å². The molecule has 0 radical (unpaired) electrons. The molecule has 1 heterocycles. The van der Waals surface area contributed by atoms with Crippen LogP contribution in [0.1, 0.15) is 16.2 Å². The van der Waals surface area contributed by atoms with Gasteiger partial charge in [-0.25, -0.2) is 4.39 Å². The SMILES string of the molecule is C=CCn1c(CCNC(=O)c2ccccc2F)nnc1SCC(=O)Nc1cc(Cl)ccc1Cl. The van der Waals surface area contributed by atoms with Crippen LogP contribution in [0.2, 0.25) is 10.0 Å². The number of benzene rings is 2. The zero-order chi connectivity index (χ0) is 23.8. The molecule has 0 aliphatic rings. The van der Waals surface area contributed by atoms with E-state index in [1.165, 1.54) is 30.0 Å². The molecule has 0 bridgehead atoms. The van der Waals surface area contributed by atoms with Crippen LogP contribution in [0.15, 0.2) is 60.3 Å². The number of hydrogen-bond acceptors (Lipinski definition) is 5. The maximum absolute atomic E-state index is 13.7. The lowest BCUT2D eigenvalue weighted by Crippen LogP contribution is -2.27. The van der Waals surface area contributed by atoms with Crippen molar-refractivity contribution in [1.82, 2.24) is 20.1 Å². The summed E-state index contributed by atoms with van der Waals surface area (Å²) in [5.74, 6) is -0.697. The molecule has 2 N–H and O–H groups in total. The number of thioether (sulfide) groups is 1. The van der Waals surface area contributed by atoms with Crippen LogP contribution >= 0.6 is 35.0 Å². The van der Waals surface area contributed by atoms with Crippen LogP contribution in [-0.4, -0.2) is 38.9 Å². The Morgan fingerprint density at radius 2 is 1.97 bits per heavy atom. The first-order valence-corrected chi connectivity index (χ1v) is 11.6. The van der Waals surface area contributed by atoms with Gasteiger partial charge in [0.25, 0.3) is 5.91 Å². The second-order valence-electron chi connectivity index (χ2n) is 6.74. The lowest BCUT2D eigenvalue weighted by molar-refractivity contribution is -0.113. The van der Waals surface area contributed by atoms with E-state index in [9.17, 15) is 14.0 Å². The van der Waals surface area contributed by atoms with Gasteiger partial charge >= 0.3 is 0 Å². The minimum absolute atomic E-state index is 0.0212. The number of rotatable bonds is 10. The molecule has 2 aromatic carbocycles. The molecule has 0 saturated carbocycles. The highest BCUT2D eigenvalue weighted by atomic mass is 35.5. The average Bonchev–Trinajstić information content (AvgIpc) is 3.17. The van der Waals surface area contributed by atoms with Gasteiger partial charge in [0, 0.05) is 24.5 Å². The second kappa shape index (κ2) is 11.8. The summed E-state index contributed by atoms with van der Waals surface area (Å²) in [6, 6.07) is 10.6. The Morgan fingerprint density at radius 1 is 1.18 bits per heavy atom. The lowest BCUT2D eigenvalue weighted by Gasteiger charge is -2.10. The zero-order valence-electron chi connectivity index (χ0n) is 17.4. The molecule has 0 spiro atoms. The number of anilines is 1. The van der Waals surface area contributed by atoms with Gasteiger partial charge < -0.3 is 15.2 Å². The fourth-order valence-corrected chi connectivity index (χ4v) is 3.96. The van der Waals surface area contributed by atoms with E-state index in [0.29, 0.717) is 39.7 Å². The van der Waals surface area contributed by atoms with Gasteiger partial charge in [0.05, 0.1) is 22.0 Å². The average molecular weight is 508 g/mol. The van der Waals surface area contributed by atoms with Crippen molar-refractivity contribution in [2.24, 2.45) is 0 Å². The van der Waals surface area contributed by atoms with Gasteiger partial charge in [0.15, 0.2) is 5.16 Å². The third-order valence-electron chi connectivity index (χ3n) is 4.39. The van der Waals surface area contributed by atoms with Crippen molar-refractivity contribution in [2.45, 2.75) is 18.1 Å². The van der Waals surface area contributed by atoms with Crippen molar-refractivity contribution < 1.29 is 14.0 Å². The maximum atomic E-state index is 13.7. The van der Waals surface area contributed by atoms with Gasteiger partial charge in [-0.2, -0.15) is 0 Å². The highest BCUT2D eigenvalue weighted by Crippen LogP contribution is 2.26. The van der Waals surface area contributed by atoms with Crippen LogP contribution in [0, 0.1) is 5.82 Å². The summed E-state index contributed by atoms with van der Waals surface area (Å²) in [6.45, 7) is 4.40. The third kappa shape index (κ3) is 6.80. The number of hydrogen-bond donors (Lipinski definition) is 2. The molecule has 0 aliphatic heterocycles. The van der Waals surface area contributed by atoms with E-state index >= 15 is 0 Å². The molecular formula is C22H20Cl2FN5O2S. The summed E-state index contributed by atoms with van der Waals surface area (Å²) in [5, 5.41) is 15.1. The summed E-state index contributed by atoms with van der Waals surface area (Å²) in [6.07, 6.45) is 2.05. The Morgan fingerprint density at radius 3 is 2.73 bits per heavy atom. The molecule has 3 aromatic rings. The fraction of sp³-hybridized carbons (Fsp3) is 0.182. The molecule has 1 aromatic heterocycles. The van der Waals surface area contributed by atoms with Gasteiger partial charge in [0.1, 0.15) is 11.6 Å². The molecule has 0 aliphatic carbocycles. The van der Waals surface area contributed by atoms with Gasteiger partial charge in [0.2, 0.25) is 5.91 Å². The minimum Gasteiger partial charge on any atom is -0.351 e. The first-order valence-electron chi connectivity index (χ1n) is 9.82. The number of allylic oxidation sites excluding steroid dienone is 1. The Kier molecular flexibility index (Phi) is 8.87. The first-order chi connectivity index (χ1) is 15.9. The van der Waals surface area contributed by atoms with E-state index in [2.05, 4.69) is 27.4 Å². The van der Waals surface area contributed by atoms with Crippen LogP contribution < -0.4 is 10.6 Å². The highest BCUT2D eigenvalue weighted by Gasteiger charge is 2.15. The Labute approximate surface area is 204 Å². The second-order valence-corrected chi connectivity index (χ2v) is 8.53. The van der Waals surface area contributed by atoms with E-state index in [0.717, 1.165) is 0 Å². The van der Waals surface area contributed by atoms with Crippen LogP contribution in [0.5, 0.6) is 0 Å². The topological polar surface area (TPSA) is 88.9 Å². The Balaban J connectivity index is 1.58. The number of nitrogens with zero attached hydrogens (tertiary/aromatic N) is 3. The standard InChI is InChI=1S/C22H20Cl2FN5O2S/c1-2-11-30-19(9-10-26-21(32)15-5-3-4-6-17(15)25)28-29-22(30)33-13-20(31)27-18-12-14(23)7-8-16(18)24/h2-8,12H,1,9-11,13H2,(H,26,32)(H,27,31). The summed E-state index contributed by atoms with van der Waals surface area (Å²) in [7, 11) is 0. The quantitative estimate of drug-likeness (QED) is 0.309. The van der Waals surface area contributed by atoms with E-state index in [1.807, 2.05) is 0 Å². The number of halogens is 3. The third-order valence-corrected chi connectivity index (χ3v) is 5.92. The number of aromatic nitrogens is 3. The summed E-state index contributed by atoms with van der Waals surface area (Å²) in [4.78, 5) is 24.5. The molecule has 7 nitrogen and oxygen atoms in total. The van der Waals surface area contributed by atoms with Crippen LogP contribution in [-0.2, 0) is 17.8 Å². The molecule has 11 heteroatoms. The highest BCUT2D eigenvalue weighted by molar-refractivity contribution is 7.99. The Hall–Kier alpha value is -2.88. The van der Waals surface area contributed by atoms with E-state index < -0.39 is 11.7 Å². The molecule has 33 heavy (non-hydrogen) atoms. The van der Waals surface area contributed by atoms with Crippen molar-refractivity contribution in [2.75, 3.05) is 17.6 Å². The van der Waals surface area contributed by atoms with E-state index in [1.54, 1.807) is 34.9 Å². The van der Waals surface area contributed by atoms with Gasteiger partial charge in [-0.3, -0.25) is 9.59 Å². The van der Waals surface area contributed by atoms with Crippen LogP contribution in [0.25, 0.3) is 0 Å². The predicted molar refractivity (Wildman–Crippen MR) is 128 cm³/mol. The molecule has 0 fully saturated rings. The fourth-order valence-electron chi connectivity index (χ4n) is 2.86. The van der Waals surface area contributed by atoms with Crippen molar-refractivity contribution >= 4 is 52.5 Å². The number of carbonyl (C=O) groups is 2. The van der Waals surface area contributed by atoms with Crippen LogP contribution in [0.4, 0.5) is 10.1 Å². The molecule has 3 rings (SSSR count). The molecule has 0 saturated heterocycles. The first kappa shape index (κ1) is 24.8. The number of nitrogens with one attached hydrogen (secondary N) is 2. The van der Waals surface area contributed by atoms with Crippen molar-refractivity contribution in [3.63, 3.8) is 0 Å². The van der Waals surface area contributed by atoms with E-state index in [4.69, 9.17) is 23.2 Å². The maximum Gasteiger partial charge on any atom is 0.254 e. The number of amides is 2. The Bertz CT molecular complexity index is 1170. The van der Waals surface area contributed by atoms with Gasteiger partial charge in [-0.1, -0.05) is 53.2 Å². The molecule has 0 unspecified atom stereocenters. The molecular weight excluding hydrogens is 488 g/mol. The number of carbonyl (C=O) groups excluding carboxylic acids is 2. The van der Waals surface area contributed by atoms with Crippen molar-refractivity contribution in [3.8, 4) is 0 Å². The van der Waals surface area contributed by atoms with Gasteiger partial charge in [-0.05, 0) is 30.3 Å². The largest absolute Gasteiger partial charge is 0.351 e. The van der Waals surface area contributed by atoms with Crippen molar-refractivity contribution in [3.05, 3.63) is 82.4 Å². The molecule has 172 valence electrons. The summed E-state index contributed by atoms with van der Waals surface area (Å²) >= 11 is 13.2. The van der Waals surface area contributed by atoms with E-state index in [-0.39, 0.29) is 23.8 Å². The lowest BCUT2D eigenvalue weighted by atomic mass is 10.2. The molecule has 0 atom stereocenters. The minimum atomic E-state index is -0.583. The summed E-state index contributed by atoms with van der Waals surface area (Å²) in [5.41, 5.74) is 0.403. The predicted octanol–water partition coefficient (Wildman–Crippen LogP) is 4.61. The molecule has 2 amide bonds. The van der Waals surface area contributed by atoms with Crippen molar-refractivity contribution in [1.29, 1.82) is 0 Å². The normalized spacial score (nSPS) is 10.6. The zero-order valence-corrected chi connectivity index (χ0v) is 19.7. The smallest absolute Gasteiger partial charge is 0.254 e. The monoisotopic (exact) mass is 507 g/mol. The van der Waals surface area contributed by atoms with Gasteiger partial charge in [-0.15, -0.1) is 16.8 Å².